The summed E-state index contributed by atoms with van der Waals surface area (Å²) in [6.45, 7) is 6.44. The van der Waals surface area contributed by atoms with Crippen molar-refractivity contribution in [1.82, 2.24) is 10.6 Å². The monoisotopic (exact) mass is 270 g/mol. The van der Waals surface area contributed by atoms with Gasteiger partial charge in [0.25, 0.3) is 0 Å². The second-order valence-corrected chi connectivity index (χ2v) is 6.50. The number of urea groups is 1. The normalized spacial score (nSPS) is 17.4. The minimum Gasteiger partial charge on any atom is -0.481 e. The SMILES string of the molecule is CC(C)(C)C(CC(=O)O)NC(=O)NCCC1CCC1. The summed E-state index contributed by atoms with van der Waals surface area (Å²) in [6, 6.07) is -0.630. The molecule has 1 unspecified atom stereocenters. The van der Waals surface area contributed by atoms with Crippen LogP contribution in [0.25, 0.3) is 0 Å². The second-order valence-electron chi connectivity index (χ2n) is 6.50. The molecular formula is C14H26N2O3. The van der Waals surface area contributed by atoms with E-state index < -0.39 is 5.97 Å². The van der Waals surface area contributed by atoms with E-state index in [1.807, 2.05) is 20.8 Å². The van der Waals surface area contributed by atoms with Gasteiger partial charge in [0, 0.05) is 12.6 Å². The fourth-order valence-electron chi connectivity index (χ4n) is 2.13. The average Bonchev–Trinajstić information content (AvgIpc) is 2.18. The summed E-state index contributed by atoms with van der Waals surface area (Å²) in [5.41, 5.74) is -0.274. The number of carbonyl (C=O) groups is 2. The molecule has 0 aromatic carbocycles. The molecule has 0 bridgehead atoms. The summed E-state index contributed by atoms with van der Waals surface area (Å²) in [7, 11) is 0. The third-order valence-electron chi connectivity index (χ3n) is 3.79. The Labute approximate surface area is 115 Å². The summed E-state index contributed by atoms with van der Waals surface area (Å²) in [4.78, 5) is 22.6. The van der Waals surface area contributed by atoms with Crippen molar-refractivity contribution in [2.24, 2.45) is 11.3 Å². The maximum atomic E-state index is 11.8. The van der Waals surface area contributed by atoms with E-state index in [9.17, 15) is 9.59 Å². The Hall–Kier alpha value is -1.26. The Morgan fingerprint density at radius 3 is 2.37 bits per heavy atom. The topological polar surface area (TPSA) is 78.4 Å². The fraction of sp³-hybridized carbons (Fsp3) is 0.857. The molecule has 0 heterocycles. The van der Waals surface area contributed by atoms with Crippen LogP contribution in [0.2, 0.25) is 0 Å². The molecule has 0 aromatic heterocycles. The third kappa shape index (κ3) is 5.94. The van der Waals surface area contributed by atoms with Crippen molar-refractivity contribution in [1.29, 1.82) is 0 Å². The van der Waals surface area contributed by atoms with Gasteiger partial charge < -0.3 is 15.7 Å². The van der Waals surface area contributed by atoms with Gasteiger partial charge in [-0.25, -0.2) is 4.79 Å². The number of nitrogens with one attached hydrogen (secondary N) is 2. The highest BCUT2D eigenvalue weighted by Crippen LogP contribution is 2.28. The Morgan fingerprint density at radius 2 is 1.95 bits per heavy atom. The van der Waals surface area contributed by atoms with Gasteiger partial charge in [0.05, 0.1) is 6.42 Å². The Balaban J connectivity index is 2.31. The van der Waals surface area contributed by atoms with E-state index in [1.54, 1.807) is 0 Å². The van der Waals surface area contributed by atoms with Gasteiger partial charge in [-0.1, -0.05) is 40.0 Å². The van der Waals surface area contributed by atoms with Crippen molar-refractivity contribution in [2.45, 2.75) is 58.9 Å². The first-order chi connectivity index (χ1) is 8.79. The van der Waals surface area contributed by atoms with Gasteiger partial charge in [0.15, 0.2) is 0 Å². The highest BCUT2D eigenvalue weighted by atomic mass is 16.4. The van der Waals surface area contributed by atoms with Crippen molar-refractivity contribution < 1.29 is 14.7 Å². The molecule has 19 heavy (non-hydrogen) atoms. The molecule has 5 nitrogen and oxygen atoms in total. The van der Waals surface area contributed by atoms with E-state index in [-0.39, 0.29) is 23.9 Å². The summed E-state index contributed by atoms with van der Waals surface area (Å²) in [5.74, 6) is -0.132. The van der Waals surface area contributed by atoms with Crippen molar-refractivity contribution in [3.63, 3.8) is 0 Å². The largest absolute Gasteiger partial charge is 0.481 e. The average molecular weight is 270 g/mol. The first-order valence-corrected chi connectivity index (χ1v) is 7.05. The molecule has 0 radical (unpaired) electrons. The lowest BCUT2D eigenvalue weighted by atomic mass is 9.83. The molecule has 110 valence electrons. The van der Waals surface area contributed by atoms with Gasteiger partial charge >= 0.3 is 12.0 Å². The van der Waals surface area contributed by atoms with E-state index >= 15 is 0 Å². The van der Waals surface area contributed by atoms with Gasteiger partial charge in [-0.15, -0.1) is 0 Å². The standard InChI is InChI=1S/C14H26N2O3/c1-14(2,3)11(9-12(17)18)16-13(19)15-8-7-10-5-4-6-10/h10-11H,4-9H2,1-3H3,(H,17,18)(H2,15,16,19). The first kappa shape index (κ1) is 15.8. The van der Waals surface area contributed by atoms with Crippen LogP contribution < -0.4 is 10.6 Å². The molecule has 1 rings (SSSR count). The van der Waals surface area contributed by atoms with Gasteiger partial charge in [0.1, 0.15) is 0 Å². The molecule has 3 N–H and O–H groups in total. The molecular weight excluding hydrogens is 244 g/mol. The predicted molar refractivity (Wildman–Crippen MR) is 74.0 cm³/mol. The number of hydrogen-bond acceptors (Lipinski definition) is 2. The third-order valence-corrected chi connectivity index (χ3v) is 3.79. The lowest BCUT2D eigenvalue weighted by Crippen LogP contribution is -2.49. The number of aliphatic carboxylic acids is 1. The highest BCUT2D eigenvalue weighted by molar-refractivity contribution is 5.75. The minimum absolute atomic E-state index is 0.0560. The van der Waals surface area contributed by atoms with E-state index in [1.165, 1.54) is 19.3 Å². The minimum atomic E-state index is -0.894. The Kier molecular flexibility index (Phi) is 5.63. The number of hydrogen-bond donors (Lipinski definition) is 3. The molecule has 0 saturated heterocycles. The molecule has 0 aliphatic heterocycles. The highest BCUT2D eigenvalue weighted by Gasteiger charge is 2.28. The van der Waals surface area contributed by atoms with Crippen LogP contribution in [-0.2, 0) is 4.79 Å². The molecule has 1 aliphatic carbocycles. The Bertz CT molecular complexity index is 319. The predicted octanol–water partition coefficient (Wildman–Crippen LogP) is 2.37. The molecule has 2 amide bonds. The smallest absolute Gasteiger partial charge is 0.315 e. The number of carboxylic acid groups (broad SMARTS) is 1. The van der Waals surface area contributed by atoms with Crippen molar-refractivity contribution in [3.05, 3.63) is 0 Å². The zero-order valence-electron chi connectivity index (χ0n) is 12.2. The van der Waals surface area contributed by atoms with Crippen LogP contribution in [0.4, 0.5) is 4.79 Å². The van der Waals surface area contributed by atoms with E-state index in [2.05, 4.69) is 10.6 Å². The summed E-state index contributed by atoms with van der Waals surface area (Å²) in [5, 5.41) is 14.5. The Morgan fingerprint density at radius 1 is 1.32 bits per heavy atom. The van der Waals surface area contributed by atoms with Crippen molar-refractivity contribution in [3.8, 4) is 0 Å². The summed E-state index contributed by atoms with van der Waals surface area (Å²) in [6.07, 6.45) is 4.81. The molecule has 1 fully saturated rings. The van der Waals surface area contributed by atoms with Gasteiger partial charge in [-0.05, 0) is 17.8 Å². The van der Waals surface area contributed by atoms with E-state index in [0.717, 1.165) is 12.3 Å². The second kappa shape index (κ2) is 6.78. The lowest BCUT2D eigenvalue weighted by molar-refractivity contribution is -0.138. The van der Waals surface area contributed by atoms with Crippen molar-refractivity contribution >= 4 is 12.0 Å². The fourth-order valence-corrected chi connectivity index (χ4v) is 2.13. The summed E-state index contributed by atoms with van der Waals surface area (Å²) >= 11 is 0. The molecule has 1 saturated carbocycles. The molecule has 0 aromatic rings. The van der Waals surface area contributed by atoms with Crippen molar-refractivity contribution in [2.75, 3.05) is 6.54 Å². The number of carboxylic acids is 1. The molecule has 5 heteroatoms. The molecule has 1 aliphatic rings. The molecule has 1 atom stereocenters. The van der Waals surface area contributed by atoms with E-state index in [0.29, 0.717) is 6.54 Å². The maximum Gasteiger partial charge on any atom is 0.315 e. The quantitative estimate of drug-likeness (QED) is 0.693. The number of rotatable bonds is 6. The number of amides is 2. The van der Waals surface area contributed by atoms with Crippen LogP contribution in [0.3, 0.4) is 0 Å². The zero-order valence-corrected chi connectivity index (χ0v) is 12.2. The van der Waals surface area contributed by atoms with Gasteiger partial charge in [0.2, 0.25) is 0 Å². The first-order valence-electron chi connectivity index (χ1n) is 7.05. The number of carbonyl (C=O) groups excluding carboxylic acids is 1. The van der Waals surface area contributed by atoms with Crippen LogP contribution in [-0.4, -0.2) is 29.7 Å². The maximum absolute atomic E-state index is 11.8. The van der Waals surface area contributed by atoms with Crippen LogP contribution in [0.15, 0.2) is 0 Å². The van der Waals surface area contributed by atoms with Crippen LogP contribution in [0, 0.1) is 11.3 Å². The lowest BCUT2D eigenvalue weighted by Gasteiger charge is -2.30. The van der Waals surface area contributed by atoms with Crippen LogP contribution in [0.5, 0.6) is 0 Å². The van der Waals surface area contributed by atoms with Crippen LogP contribution in [0.1, 0.15) is 52.9 Å². The molecule has 0 spiro atoms. The zero-order chi connectivity index (χ0) is 14.5. The summed E-state index contributed by atoms with van der Waals surface area (Å²) < 4.78 is 0. The van der Waals surface area contributed by atoms with Gasteiger partial charge in [-0.3, -0.25) is 4.79 Å². The van der Waals surface area contributed by atoms with Gasteiger partial charge in [-0.2, -0.15) is 0 Å². The van der Waals surface area contributed by atoms with E-state index in [4.69, 9.17) is 5.11 Å². The van der Waals surface area contributed by atoms with Crippen LogP contribution >= 0.6 is 0 Å².